The Hall–Kier alpha value is -5.54. The average Bonchev–Trinajstić information content (AvgIpc) is 2.40. The second kappa shape index (κ2) is 39.0. The van der Waals surface area contributed by atoms with Crippen LogP contribution in [0.1, 0.15) is 274 Å². The Labute approximate surface area is 536 Å². The molecular formula is C73H120N6O10. The lowest BCUT2D eigenvalue weighted by atomic mass is 9.61. The van der Waals surface area contributed by atoms with Crippen molar-refractivity contribution in [2.75, 3.05) is 36.0 Å². The van der Waals surface area contributed by atoms with Crippen molar-refractivity contribution in [3.8, 4) is 23.5 Å². The predicted molar refractivity (Wildman–Crippen MR) is 358 cm³/mol. The quantitative estimate of drug-likeness (QED) is 0.0364. The van der Waals surface area contributed by atoms with Crippen LogP contribution in [0.15, 0.2) is 36.4 Å². The number of nitrogens with zero attached hydrogens (tertiary/aromatic N) is 6. The highest BCUT2D eigenvalue weighted by molar-refractivity contribution is 6.13. The van der Waals surface area contributed by atoms with E-state index in [1.807, 2.05) is 20.8 Å². The zero-order valence-corrected chi connectivity index (χ0v) is 56.6. The van der Waals surface area contributed by atoms with E-state index in [0.29, 0.717) is 69.9 Å². The Balaban J connectivity index is 1.10. The van der Waals surface area contributed by atoms with E-state index in [-0.39, 0.29) is 89.1 Å². The molecule has 4 N–H and O–H groups in total. The number of unbranched alkanes of at least 4 members (excludes halogenated alkanes) is 18. The first kappa shape index (κ1) is 74.2. The van der Waals surface area contributed by atoms with Gasteiger partial charge in [0.1, 0.15) is 11.4 Å². The van der Waals surface area contributed by atoms with E-state index in [0.717, 1.165) is 81.5 Å². The first-order chi connectivity index (χ1) is 42.7. The number of anilines is 2. The molecular weight excluding hydrogens is 1120 g/mol. The third kappa shape index (κ3) is 23.6. The molecule has 502 valence electrons. The molecule has 6 amide bonds. The Morgan fingerprint density at radius 1 is 0.494 bits per heavy atom. The smallest absolute Gasteiger partial charge is 0.253 e. The maximum atomic E-state index is 13.4. The predicted octanol–water partition coefficient (Wildman–Crippen LogP) is 16.4. The van der Waals surface area contributed by atoms with Crippen molar-refractivity contribution < 1.29 is 49.2 Å². The van der Waals surface area contributed by atoms with E-state index in [4.69, 9.17) is 0 Å². The molecule has 2 aromatic rings. The molecule has 0 radical (unpaired) electrons. The van der Waals surface area contributed by atoms with Crippen LogP contribution in [-0.4, -0.2) is 101 Å². The molecule has 0 saturated heterocycles. The molecule has 0 aromatic carbocycles. The van der Waals surface area contributed by atoms with Crippen LogP contribution in [0.3, 0.4) is 0 Å². The van der Waals surface area contributed by atoms with Gasteiger partial charge in [0, 0.05) is 88.5 Å². The molecule has 1 saturated carbocycles. The summed E-state index contributed by atoms with van der Waals surface area (Å²) in [5.74, 6) is 1.67. The molecule has 4 heterocycles. The van der Waals surface area contributed by atoms with E-state index in [9.17, 15) is 49.2 Å². The van der Waals surface area contributed by atoms with Gasteiger partial charge in [-0.15, -0.1) is 0 Å². The molecule has 89 heavy (non-hydrogen) atoms. The molecule has 0 spiro atoms. The molecule has 6 unspecified atom stereocenters. The fourth-order valence-electron chi connectivity index (χ4n) is 15.0. The molecule has 1 aliphatic carbocycles. The van der Waals surface area contributed by atoms with Gasteiger partial charge in [-0.05, 0) is 105 Å². The lowest BCUT2D eigenvalue weighted by Gasteiger charge is -2.44. The highest BCUT2D eigenvalue weighted by atomic mass is 16.3. The number of aromatic hydroxyl groups is 4. The van der Waals surface area contributed by atoms with Gasteiger partial charge in [-0.25, -0.2) is 0 Å². The maximum Gasteiger partial charge on any atom is 0.253 e. The number of rotatable bonds is 47. The molecule has 1 fully saturated rings. The van der Waals surface area contributed by atoms with Crippen molar-refractivity contribution in [3.63, 3.8) is 0 Å². The van der Waals surface area contributed by atoms with Gasteiger partial charge in [-0.3, -0.25) is 47.7 Å². The van der Waals surface area contributed by atoms with Gasteiger partial charge >= 0.3 is 0 Å². The minimum Gasteiger partial charge on any atom is -0.494 e. The zero-order chi connectivity index (χ0) is 64.9. The van der Waals surface area contributed by atoms with Crippen molar-refractivity contribution in [3.05, 3.63) is 36.4 Å². The van der Waals surface area contributed by atoms with Crippen LogP contribution in [0.2, 0.25) is 0 Å². The van der Waals surface area contributed by atoms with Crippen molar-refractivity contribution in [1.82, 2.24) is 18.9 Å². The molecule has 2 aliphatic heterocycles. The van der Waals surface area contributed by atoms with E-state index >= 15 is 0 Å². The standard InChI is InChI=1S/C73H120N6O10/c1-9-13-15-17-23-29-37-59-57(35-27-16-14-10-2)39-40-58(60(59)38-30-24-19-21-26-31-46-74(63(80)11-3)61-50-69(86)77(71(61)88)48-33-34-56(6)53-78-67(84)43-44-68(78)85)36-28-22-18-20-25-32-47-75(64(81)12-4)62-51-70(87)79(72(62)89)54-73(7,8)52-55(5)45-49-76-65(82)41-42-66(76)83/h41-44,50-51,55-60,86-89H,9-40,45-49,52-54H2,1-8H3. The van der Waals surface area contributed by atoms with Crippen LogP contribution in [0.4, 0.5) is 11.4 Å². The lowest BCUT2D eigenvalue weighted by molar-refractivity contribution is -0.138. The highest BCUT2D eigenvalue weighted by Gasteiger charge is 2.38. The van der Waals surface area contributed by atoms with Crippen molar-refractivity contribution in [1.29, 1.82) is 0 Å². The lowest BCUT2D eigenvalue weighted by Crippen LogP contribution is -2.35. The number of imide groups is 2. The average molecular weight is 1240 g/mol. The molecule has 3 aliphatic rings. The molecule has 5 rings (SSSR count). The number of carbonyl (C=O) groups excluding carboxylic acids is 6. The minimum atomic E-state index is -0.345. The van der Waals surface area contributed by atoms with Gasteiger partial charge in [0.15, 0.2) is 11.8 Å². The fraction of sp³-hybridized carbons (Fsp3) is 0.753. The van der Waals surface area contributed by atoms with Crippen LogP contribution < -0.4 is 9.80 Å². The van der Waals surface area contributed by atoms with Gasteiger partial charge in [0.05, 0.1) is 0 Å². The summed E-state index contributed by atoms with van der Waals surface area (Å²) in [6.07, 6.45) is 42.9. The molecule has 0 bridgehead atoms. The van der Waals surface area contributed by atoms with E-state index in [1.165, 1.54) is 184 Å². The van der Waals surface area contributed by atoms with Gasteiger partial charge < -0.3 is 30.2 Å². The van der Waals surface area contributed by atoms with Crippen molar-refractivity contribution in [2.24, 2.45) is 40.9 Å². The third-order valence-electron chi connectivity index (χ3n) is 19.9. The normalized spacial score (nSPS) is 18.5. The summed E-state index contributed by atoms with van der Waals surface area (Å²) in [6.45, 7) is 18.8. The largest absolute Gasteiger partial charge is 0.494 e. The highest BCUT2D eigenvalue weighted by Crippen LogP contribution is 2.48. The second-order valence-corrected chi connectivity index (χ2v) is 27.9. The zero-order valence-electron chi connectivity index (χ0n) is 56.6. The number of aromatic nitrogens is 2. The number of hydrogen-bond acceptors (Lipinski definition) is 10. The Kier molecular flexibility index (Phi) is 32.5. The van der Waals surface area contributed by atoms with E-state index in [1.54, 1.807) is 9.80 Å². The summed E-state index contributed by atoms with van der Waals surface area (Å²) in [5, 5.41) is 44.9. The Morgan fingerprint density at radius 3 is 1.35 bits per heavy atom. The summed E-state index contributed by atoms with van der Waals surface area (Å²) in [6, 6.07) is 3.01. The van der Waals surface area contributed by atoms with Crippen LogP contribution >= 0.6 is 0 Å². The molecule has 16 nitrogen and oxygen atoms in total. The van der Waals surface area contributed by atoms with Gasteiger partial charge in [-0.1, -0.05) is 197 Å². The number of carbonyl (C=O) groups is 6. The second-order valence-electron chi connectivity index (χ2n) is 27.9. The first-order valence-corrected chi connectivity index (χ1v) is 35.7. The topological polar surface area (TPSA) is 206 Å². The van der Waals surface area contributed by atoms with E-state index < -0.39 is 0 Å². The molecule has 16 heteroatoms. The maximum absolute atomic E-state index is 13.4. The number of hydrogen-bond donors (Lipinski definition) is 4. The van der Waals surface area contributed by atoms with Gasteiger partial charge in [-0.2, -0.15) is 0 Å². The molecule has 6 atom stereocenters. The van der Waals surface area contributed by atoms with Crippen LogP contribution in [0.25, 0.3) is 0 Å². The summed E-state index contributed by atoms with van der Waals surface area (Å²) < 4.78 is 2.94. The Bertz CT molecular complexity index is 2530. The SMILES string of the molecule is CCCCCCCCC1C(CCCCCC)CCC(CCCCCCCCN(C(=O)CC)c2cc(O)n(CC(C)(C)CC(C)CCN3C(=O)C=CC3=O)c2O)C1CCCCCCCCN(C(=O)CC)c1cc(O)n(CCCC(C)CN2C(=O)C=CC2=O)c1O. The monoisotopic (exact) mass is 1240 g/mol. The minimum absolute atomic E-state index is 0.0449. The van der Waals surface area contributed by atoms with Crippen LogP contribution in [-0.2, 0) is 41.9 Å². The number of amides is 6. The van der Waals surface area contributed by atoms with Crippen LogP contribution in [0, 0.1) is 40.9 Å². The van der Waals surface area contributed by atoms with E-state index in [2.05, 4.69) is 34.6 Å². The van der Waals surface area contributed by atoms with Crippen LogP contribution in [0.5, 0.6) is 23.5 Å². The summed E-state index contributed by atoms with van der Waals surface area (Å²) >= 11 is 0. The van der Waals surface area contributed by atoms with Crippen molar-refractivity contribution >= 4 is 46.8 Å². The molecule has 2 aromatic heterocycles. The summed E-state index contributed by atoms with van der Waals surface area (Å²) in [7, 11) is 0. The van der Waals surface area contributed by atoms with Gasteiger partial charge in [0.25, 0.3) is 23.6 Å². The summed E-state index contributed by atoms with van der Waals surface area (Å²) in [5.41, 5.74) is 0.339. The fourth-order valence-corrected chi connectivity index (χ4v) is 15.0. The first-order valence-electron chi connectivity index (χ1n) is 35.7. The van der Waals surface area contributed by atoms with Gasteiger partial charge in [0.2, 0.25) is 23.6 Å². The third-order valence-corrected chi connectivity index (χ3v) is 19.9. The summed E-state index contributed by atoms with van der Waals surface area (Å²) in [4.78, 5) is 80.7. The Morgan fingerprint density at radius 2 is 0.888 bits per heavy atom. The van der Waals surface area contributed by atoms with Crippen molar-refractivity contribution in [2.45, 2.75) is 287 Å².